The third kappa shape index (κ3) is 2.87. The van der Waals surface area contributed by atoms with Gasteiger partial charge in [-0.3, -0.25) is 9.59 Å². The van der Waals surface area contributed by atoms with E-state index in [-0.39, 0.29) is 23.8 Å². The van der Waals surface area contributed by atoms with E-state index in [9.17, 15) is 14.4 Å². The van der Waals surface area contributed by atoms with Gasteiger partial charge in [-0.05, 0) is 38.3 Å². The number of aryl methyl sites for hydroxylation is 1. The van der Waals surface area contributed by atoms with E-state index in [1.807, 2.05) is 19.1 Å². The van der Waals surface area contributed by atoms with Gasteiger partial charge in [0.25, 0.3) is 5.91 Å². The Bertz CT molecular complexity index is 724. The quantitative estimate of drug-likeness (QED) is 0.886. The highest BCUT2D eigenvalue weighted by Gasteiger charge is 2.50. The molecular formula is C20H25N3O3. The fraction of sp³-hybridized carbons (Fsp3) is 0.550. The summed E-state index contributed by atoms with van der Waals surface area (Å²) in [7, 11) is 0. The maximum Gasteiger partial charge on any atom is 0.329 e. The SMILES string of the molecule is Cc1ccc(N2C(=O)N[C@@H]3CCN(C(=O)C4CCCCC4)[C@@H]3C2=O)cc1. The van der Waals surface area contributed by atoms with E-state index in [1.54, 1.807) is 17.0 Å². The van der Waals surface area contributed by atoms with Crippen molar-refractivity contribution in [3.05, 3.63) is 29.8 Å². The lowest BCUT2D eigenvalue weighted by molar-refractivity contribution is -0.142. The lowest BCUT2D eigenvalue weighted by Gasteiger charge is -2.38. The van der Waals surface area contributed by atoms with Gasteiger partial charge in [-0.1, -0.05) is 37.0 Å². The lowest BCUT2D eigenvalue weighted by atomic mass is 9.88. The number of carbonyl (C=O) groups is 3. The van der Waals surface area contributed by atoms with Gasteiger partial charge in [-0.15, -0.1) is 0 Å². The highest BCUT2D eigenvalue weighted by atomic mass is 16.2. The van der Waals surface area contributed by atoms with E-state index in [4.69, 9.17) is 0 Å². The highest BCUT2D eigenvalue weighted by molar-refractivity contribution is 6.19. The first-order valence-electron chi connectivity index (χ1n) is 9.58. The van der Waals surface area contributed by atoms with Gasteiger partial charge in [0.1, 0.15) is 6.04 Å². The number of hydrogen-bond donors (Lipinski definition) is 1. The van der Waals surface area contributed by atoms with Crippen LogP contribution < -0.4 is 10.2 Å². The fourth-order valence-corrected chi connectivity index (χ4v) is 4.47. The number of fused-ring (bicyclic) bond motifs is 1. The van der Waals surface area contributed by atoms with E-state index >= 15 is 0 Å². The van der Waals surface area contributed by atoms with Crippen molar-refractivity contribution in [3.8, 4) is 0 Å². The second-order valence-corrected chi connectivity index (χ2v) is 7.67. The molecule has 3 fully saturated rings. The third-order valence-electron chi connectivity index (χ3n) is 5.91. The molecule has 2 saturated heterocycles. The molecule has 26 heavy (non-hydrogen) atoms. The molecule has 2 heterocycles. The summed E-state index contributed by atoms with van der Waals surface area (Å²) in [6.45, 7) is 2.50. The summed E-state index contributed by atoms with van der Waals surface area (Å²) < 4.78 is 0. The molecule has 138 valence electrons. The Morgan fingerprint density at radius 1 is 1.04 bits per heavy atom. The van der Waals surface area contributed by atoms with Gasteiger partial charge in [0.2, 0.25) is 5.91 Å². The van der Waals surface area contributed by atoms with Gasteiger partial charge < -0.3 is 10.2 Å². The van der Waals surface area contributed by atoms with Crippen molar-refractivity contribution >= 4 is 23.5 Å². The van der Waals surface area contributed by atoms with Gasteiger partial charge in [-0.2, -0.15) is 0 Å². The molecule has 1 N–H and O–H groups in total. The zero-order valence-corrected chi connectivity index (χ0v) is 15.1. The molecule has 2 atom stereocenters. The van der Waals surface area contributed by atoms with Crippen LogP contribution in [-0.4, -0.2) is 41.4 Å². The summed E-state index contributed by atoms with van der Waals surface area (Å²) in [6, 6.07) is 6.05. The fourth-order valence-electron chi connectivity index (χ4n) is 4.47. The number of hydrogen-bond acceptors (Lipinski definition) is 3. The number of likely N-dealkylation sites (tertiary alicyclic amines) is 1. The van der Waals surface area contributed by atoms with Crippen LogP contribution in [0.2, 0.25) is 0 Å². The van der Waals surface area contributed by atoms with E-state index in [0.29, 0.717) is 18.7 Å². The Morgan fingerprint density at radius 3 is 2.42 bits per heavy atom. The van der Waals surface area contributed by atoms with Crippen molar-refractivity contribution in [2.24, 2.45) is 5.92 Å². The minimum absolute atomic E-state index is 0.0285. The predicted octanol–water partition coefficient (Wildman–Crippen LogP) is 2.60. The van der Waals surface area contributed by atoms with Crippen LogP contribution in [-0.2, 0) is 9.59 Å². The van der Waals surface area contributed by atoms with Gasteiger partial charge >= 0.3 is 6.03 Å². The largest absolute Gasteiger partial charge is 0.332 e. The van der Waals surface area contributed by atoms with Crippen molar-refractivity contribution in [2.45, 2.75) is 57.5 Å². The molecule has 6 nitrogen and oxygen atoms in total. The minimum atomic E-state index is -0.580. The number of carbonyl (C=O) groups excluding carboxylic acids is 3. The number of anilines is 1. The van der Waals surface area contributed by atoms with Gasteiger partial charge in [0.05, 0.1) is 11.7 Å². The molecule has 1 aromatic carbocycles. The second kappa shape index (κ2) is 6.74. The first-order chi connectivity index (χ1) is 12.6. The van der Waals surface area contributed by atoms with Crippen LogP contribution in [0, 0.1) is 12.8 Å². The van der Waals surface area contributed by atoms with E-state index < -0.39 is 12.1 Å². The van der Waals surface area contributed by atoms with Crippen LogP contribution in [0.25, 0.3) is 0 Å². The Morgan fingerprint density at radius 2 is 1.73 bits per heavy atom. The van der Waals surface area contributed by atoms with Crippen molar-refractivity contribution in [2.75, 3.05) is 11.4 Å². The third-order valence-corrected chi connectivity index (χ3v) is 5.91. The summed E-state index contributed by atoms with van der Waals surface area (Å²) in [4.78, 5) is 41.6. The monoisotopic (exact) mass is 355 g/mol. The molecule has 0 bridgehead atoms. The Balaban J connectivity index is 1.58. The normalized spacial score (nSPS) is 26.7. The van der Waals surface area contributed by atoms with E-state index in [2.05, 4.69) is 5.32 Å². The van der Waals surface area contributed by atoms with Gasteiger partial charge in [-0.25, -0.2) is 9.69 Å². The zero-order valence-electron chi connectivity index (χ0n) is 15.1. The molecule has 0 unspecified atom stereocenters. The van der Waals surface area contributed by atoms with Crippen LogP contribution in [0.1, 0.15) is 44.1 Å². The zero-order chi connectivity index (χ0) is 18.3. The first-order valence-corrected chi connectivity index (χ1v) is 9.58. The number of benzene rings is 1. The molecule has 1 aromatic rings. The van der Waals surface area contributed by atoms with Crippen molar-refractivity contribution in [1.82, 2.24) is 10.2 Å². The molecule has 0 spiro atoms. The van der Waals surface area contributed by atoms with Crippen LogP contribution in [0.5, 0.6) is 0 Å². The van der Waals surface area contributed by atoms with Crippen molar-refractivity contribution in [3.63, 3.8) is 0 Å². The average Bonchev–Trinajstić information content (AvgIpc) is 3.07. The van der Waals surface area contributed by atoms with Crippen LogP contribution in [0.4, 0.5) is 10.5 Å². The first kappa shape index (κ1) is 17.1. The number of urea groups is 1. The summed E-state index contributed by atoms with van der Waals surface area (Å²) >= 11 is 0. The summed E-state index contributed by atoms with van der Waals surface area (Å²) in [5.41, 5.74) is 1.61. The Kier molecular flexibility index (Phi) is 4.42. The minimum Gasteiger partial charge on any atom is -0.332 e. The summed E-state index contributed by atoms with van der Waals surface area (Å²) in [5.74, 6) is -0.171. The summed E-state index contributed by atoms with van der Waals surface area (Å²) in [6.07, 6.45) is 5.81. The Labute approximate surface area is 153 Å². The second-order valence-electron chi connectivity index (χ2n) is 7.67. The molecule has 1 saturated carbocycles. The number of imide groups is 1. The molecule has 0 radical (unpaired) electrons. The van der Waals surface area contributed by atoms with Crippen LogP contribution in [0.15, 0.2) is 24.3 Å². The summed E-state index contributed by atoms with van der Waals surface area (Å²) in [5, 5.41) is 2.93. The lowest BCUT2D eigenvalue weighted by Crippen LogP contribution is -2.65. The number of nitrogens with zero attached hydrogens (tertiary/aromatic N) is 2. The molecule has 1 aliphatic carbocycles. The van der Waals surface area contributed by atoms with E-state index in [0.717, 1.165) is 31.2 Å². The Hall–Kier alpha value is -2.37. The molecule has 4 amide bonds. The number of rotatable bonds is 2. The highest BCUT2D eigenvalue weighted by Crippen LogP contribution is 2.32. The number of amides is 4. The molecule has 6 heteroatoms. The predicted molar refractivity (Wildman–Crippen MR) is 97.7 cm³/mol. The molecule has 0 aromatic heterocycles. The average molecular weight is 355 g/mol. The van der Waals surface area contributed by atoms with Gasteiger partial charge in [0.15, 0.2) is 0 Å². The molecule has 4 rings (SSSR count). The smallest absolute Gasteiger partial charge is 0.329 e. The van der Waals surface area contributed by atoms with Gasteiger partial charge in [0, 0.05) is 12.5 Å². The standard InChI is InChI=1S/C20H25N3O3/c1-13-7-9-15(10-8-13)23-19(25)17-16(21-20(23)26)11-12-22(17)18(24)14-5-3-2-4-6-14/h7-10,14,16-17H,2-6,11-12H2,1H3,(H,21,26)/t16-,17+/m1/s1. The van der Waals surface area contributed by atoms with E-state index in [1.165, 1.54) is 11.3 Å². The molecular weight excluding hydrogens is 330 g/mol. The van der Waals surface area contributed by atoms with Crippen molar-refractivity contribution < 1.29 is 14.4 Å². The van der Waals surface area contributed by atoms with Crippen LogP contribution >= 0.6 is 0 Å². The van der Waals surface area contributed by atoms with Crippen molar-refractivity contribution in [1.29, 1.82) is 0 Å². The molecule has 2 aliphatic heterocycles. The molecule has 3 aliphatic rings. The maximum absolute atomic E-state index is 13.2. The van der Waals surface area contributed by atoms with Crippen LogP contribution in [0.3, 0.4) is 0 Å². The topological polar surface area (TPSA) is 69.7 Å². The number of nitrogens with one attached hydrogen (secondary N) is 1. The maximum atomic E-state index is 13.2.